The molecule has 1 saturated carbocycles. The molecule has 0 saturated heterocycles. The summed E-state index contributed by atoms with van der Waals surface area (Å²) in [6.07, 6.45) is 4.95. The number of nitrogens with one attached hydrogen (secondary N) is 1. The van der Waals surface area contributed by atoms with Crippen LogP contribution in [-0.4, -0.2) is 34.3 Å². The van der Waals surface area contributed by atoms with Gasteiger partial charge in [0, 0.05) is 28.3 Å². The molecule has 0 heterocycles. The monoisotopic (exact) mass is 231 g/mol. The van der Waals surface area contributed by atoms with Gasteiger partial charge >= 0.3 is 0 Å². The number of hydrogen-bond donors (Lipinski definition) is 2. The van der Waals surface area contributed by atoms with E-state index in [1.807, 2.05) is 6.92 Å². The molecular weight excluding hydrogens is 210 g/mol. The Morgan fingerprint density at radius 3 is 2.80 bits per heavy atom. The molecule has 0 aromatic heterocycles. The zero-order valence-corrected chi connectivity index (χ0v) is 10.2. The van der Waals surface area contributed by atoms with Crippen molar-refractivity contribution in [2.45, 2.75) is 38.6 Å². The molecule has 0 aromatic rings. The minimum absolute atomic E-state index is 0.505. The van der Waals surface area contributed by atoms with Crippen molar-refractivity contribution in [1.82, 2.24) is 5.32 Å². The van der Waals surface area contributed by atoms with Crippen molar-refractivity contribution < 1.29 is 4.21 Å². The first-order chi connectivity index (χ1) is 7.22. The van der Waals surface area contributed by atoms with Crippen molar-refractivity contribution in [2.75, 3.05) is 18.1 Å². The second kappa shape index (κ2) is 6.82. The van der Waals surface area contributed by atoms with Gasteiger partial charge < -0.3 is 11.1 Å². The van der Waals surface area contributed by atoms with E-state index in [1.165, 1.54) is 25.7 Å². The van der Waals surface area contributed by atoms with E-state index >= 15 is 0 Å². The van der Waals surface area contributed by atoms with Crippen molar-refractivity contribution in [1.29, 1.82) is 0 Å². The Bertz CT molecular complexity index is 237. The second-order valence-electron chi connectivity index (χ2n) is 3.83. The van der Waals surface area contributed by atoms with E-state index < -0.39 is 10.8 Å². The second-order valence-corrected chi connectivity index (χ2v) is 5.69. The van der Waals surface area contributed by atoms with Crippen molar-refractivity contribution in [3.8, 4) is 0 Å². The zero-order chi connectivity index (χ0) is 11.1. The molecule has 1 atom stereocenters. The first kappa shape index (κ1) is 12.5. The van der Waals surface area contributed by atoms with Gasteiger partial charge in [0.25, 0.3) is 0 Å². The smallest absolute Gasteiger partial charge is 0.188 e. The van der Waals surface area contributed by atoms with Gasteiger partial charge in [0.2, 0.25) is 0 Å². The third kappa shape index (κ3) is 5.16. The van der Waals surface area contributed by atoms with Crippen molar-refractivity contribution >= 4 is 16.8 Å². The van der Waals surface area contributed by atoms with Gasteiger partial charge in [-0.15, -0.1) is 0 Å². The summed E-state index contributed by atoms with van der Waals surface area (Å²) in [6.45, 7) is 2.48. The lowest BCUT2D eigenvalue weighted by Crippen LogP contribution is -2.38. The van der Waals surface area contributed by atoms with Gasteiger partial charge in [-0.25, -0.2) is 0 Å². The highest BCUT2D eigenvalue weighted by Gasteiger charge is 2.14. The molecule has 0 aromatic carbocycles. The summed E-state index contributed by atoms with van der Waals surface area (Å²) in [4.78, 5) is 4.17. The molecule has 0 aliphatic heterocycles. The van der Waals surface area contributed by atoms with Gasteiger partial charge in [0.15, 0.2) is 5.96 Å². The number of rotatable bonds is 5. The zero-order valence-electron chi connectivity index (χ0n) is 9.37. The van der Waals surface area contributed by atoms with E-state index in [4.69, 9.17) is 5.73 Å². The molecule has 5 heteroatoms. The molecule has 4 nitrogen and oxygen atoms in total. The maximum Gasteiger partial charge on any atom is 0.188 e. The summed E-state index contributed by atoms with van der Waals surface area (Å²) in [7, 11) is -0.738. The minimum Gasteiger partial charge on any atom is -0.370 e. The fourth-order valence-corrected chi connectivity index (χ4v) is 2.32. The molecule has 1 fully saturated rings. The van der Waals surface area contributed by atoms with Crippen molar-refractivity contribution in [3.05, 3.63) is 0 Å². The van der Waals surface area contributed by atoms with Gasteiger partial charge in [-0.05, 0) is 12.8 Å². The number of aliphatic imine (C=N–C) groups is 1. The fraction of sp³-hybridized carbons (Fsp3) is 0.900. The molecule has 15 heavy (non-hydrogen) atoms. The van der Waals surface area contributed by atoms with Crippen LogP contribution in [0, 0.1) is 0 Å². The summed E-state index contributed by atoms with van der Waals surface area (Å²) in [5.74, 6) is 1.82. The summed E-state index contributed by atoms with van der Waals surface area (Å²) >= 11 is 0. The molecule has 88 valence electrons. The highest BCUT2D eigenvalue weighted by atomic mass is 32.2. The van der Waals surface area contributed by atoms with Crippen LogP contribution in [0.5, 0.6) is 0 Å². The molecule has 0 bridgehead atoms. The van der Waals surface area contributed by atoms with Crippen LogP contribution in [0.4, 0.5) is 0 Å². The third-order valence-electron chi connectivity index (χ3n) is 2.63. The Kier molecular flexibility index (Phi) is 5.68. The summed E-state index contributed by atoms with van der Waals surface area (Å²) < 4.78 is 11.1. The number of nitrogens with zero attached hydrogens (tertiary/aromatic N) is 1. The number of hydrogen-bond acceptors (Lipinski definition) is 2. The normalized spacial score (nSPS) is 20.5. The van der Waals surface area contributed by atoms with Gasteiger partial charge in [-0.3, -0.25) is 9.20 Å². The Balaban J connectivity index is 2.17. The van der Waals surface area contributed by atoms with Crippen LogP contribution >= 0.6 is 0 Å². The molecule has 1 unspecified atom stereocenters. The van der Waals surface area contributed by atoms with E-state index in [-0.39, 0.29) is 0 Å². The molecule has 3 N–H and O–H groups in total. The first-order valence-electron chi connectivity index (χ1n) is 5.63. The van der Waals surface area contributed by atoms with Crippen molar-refractivity contribution in [2.24, 2.45) is 10.7 Å². The largest absolute Gasteiger partial charge is 0.370 e. The first-order valence-corrected chi connectivity index (χ1v) is 7.12. The van der Waals surface area contributed by atoms with E-state index in [1.54, 1.807) is 0 Å². The van der Waals surface area contributed by atoms with Gasteiger partial charge in [-0.1, -0.05) is 19.8 Å². The third-order valence-corrected chi connectivity index (χ3v) is 3.91. The lowest BCUT2D eigenvalue weighted by atomic mass is 10.3. The van der Waals surface area contributed by atoms with E-state index in [2.05, 4.69) is 10.3 Å². The Morgan fingerprint density at radius 2 is 2.20 bits per heavy atom. The van der Waals surface area contributed by atoms with Crippen LogP contribution in [0.25, 0.3) is 0 Å². The summed E-state index contributed by atoms with van der Waals surface area (Å²) in [5, 5.41) is 3.20. The minimum atomic E-state index is -0.738. The average Bonchev–Trinajstić information content (AvgIpc) is 2.70. The molecule has 0 radical (unpaired) electrons. The molecule has 1 aliphatic rings. The highest BCUT2D eigenvalue weighted by Crippen LogP contribution is 2.17. The Hall–Kier alpha value is -0.580. The van der Waals surface area contributed by atoms with Crippen LogP contribution in [-0.2, 0) is 10.8 Å². The van der Waals surface area contributed by atoms with Crippen LogP contribution in [0.2, 0.25) is 0 Å². The van der Waals surface area contributed by atoms with Crippen molar-refractivity contribution in [3.63, 3.8) is 0 Å². The Morgan fingerprint density at radius 1 is 1.53 bits per heavy atom. The Labute approximate surface area is 94.2 Å². The van der Waals surface area contributed by atoms with Crippen LogP contribution in [0.15, 0.2) is 4.99 Å². The lowest BCUT2D eigenvalue weighted by Gasteiger charge is -2.11. The average molecular weight is 231 g/mol. The van der Waals surface area contributed by atoms with Gasteiger partial charge in [-0.2, -0.15) is 0 Å². The maximum atomic E-state index is 11.1. The molecule has 1 rings (SSSR count). The van der Waals surface area contributed by atoms with Crippen LogP contribution < -0.4 is 11.1 Å². The van der Waals surface area contributed by atoms with E-state index in [9.17, 15) is 4.21 Å². The molecule has 0 spiro atoms. The lowest BCUT2D eigenvalue weighted by molar-refractivity contribution is 0.626. The van der Waals surface area contributed by atoms with Gasteiger partial charge in [0.05, 0.1) is 6.54 Å². The molecule has 0 amide bonds. The SMILES string of the molecule is CCS(=O)CCN=C(N)NC1CCCC1. The van der Waals surface area contributed by atoms with E-state index in [0.29, 0.717) is 30.1 Å². The van der Waals surface area contributed by atoms with Crippen LogP contribution in [0.3, 0.4) is 0 Å². The molecular formula is C10H21N3OS. The van der Waals surface area contributed by atoms with Gasteiger partial charge in [0.1, 0.15) is 0 Å². The predicted molar refractivity (Wildman–Crippen MR) is 65.4 cm³/mol. The maximum absolute atomic E-state index is 11.1. The van der Waals surface area contributed by atoms with Crippen LogP contribution in [0.1, 0.15) is 32.6 Å². The summed E-state index contributed by atoms with van der Waals surface area (Å²) in [5.41, 5.74) is 5.72. The standard InChI is InChI=1S/C10H21N3OS/c1-2-15(14)8-7-12-10(11)13-9-5-3-4-6-9/h9H,2-8H2,1H3,(H3,11,12,13). The number of guanidine groups is 1. The number of nitrogens with two attached hydrogens (primary N) is 1. The quantitative estimate of drug-likeness (QED) is 0.538. The van der Waals surface area contributed by atoms with E-state index in [0.717, 1.165) is 0 Å². The topological polar surface area (TPSA) is 67.5 Å². The highest BCUT2D eigenvalue weighted by molar-refractivity contribution is 7.84. The fourth-order valence-electron chi connectivity index (χ4n) is 1.74. The summed E-state index contributed by atoms with van der Waals surface area (Å²) in [6, 6.07) is 0.505. The predicted octanol–water partition coefficient (Wildman–Crippen LogP) is 0.602. The molecule has 1 aliphatic carbocycles.